The van der Waals surface area contributed by atoms with Crippen LogP contribution >= 0.6 is 11.8 Å². The fourth-order valence-corrected chi connectivity index (χ4v) is 3.27. The van der Waals surface area contributed by atoms with Crippen molar-refractivity contribution < 1.29 is 17.0 Å². The van der Waals surface area contributed by atoms with Crippen LogP contribution in [-0.2, 0) is 5.88 Å². The first-order valence-corrected chi connectivity index (χ1v) is 8.43. The fraction of sp³-hybridized carbons (Fsp3) is 0.471. The van der Waals surface area contributed by atoms with E-state index in [1.54, 1.807) is 0 Å². The molecule has 0 fully saturated rings. The van der Waals surface area contributed by atoms with E-state index in [0.717, 1.165) is 5.88 Å². The number of rotatable bonds is 7. The number of aromatic nitrogens is 1. The smallest absolute Gasteiger partial charge is 0.213 e. The highest BCUT2D eigenvalue weighted by molar-refractivity contribution is 7.98. The van der Waals surface area contributed by atoms with Crippen molar-refractivity contribution in [2.75, 3.05) is 5.75 Å². The summed E-state index contributed by atoms with van der Waals surface area (Å²) in [5.74, 6) is 2.34. The molecule has 0 atom stereocenters. The SMILES string of the molecule is CCCCCCSC[n+]1cccc2cc(C)ccc21.[Cl-]. The van der Waals surface area contributed by atoms with Crippen molar-refractivity contribution in [3.63, 3.8) is 0 Å². The van der Waals surface area contributed by atoms with Crippen LogP contribution in [0.4, 0.5) is 0 Å². The van der Waals surface area contributed by atoms with Gasteiger partial charge in [-0.2, -0.15) is 4.57 Å². The highest BCUT2D eigenvalue weighted by Gasteiger charge is 2.07. The van der Waals surface area contributed by atoms with E-state index in [2.05, 4.69) is 54.9 Å². The molecule has 0 radical (unpaired) electrons. The van der Waals surface area contributed by atoms with Crippen molar-refractivity contribution in [3.05, 3.63) is 42.1 Å². The predicted octanol–water partition coefficient (Wildman–Crippen LogP) is 1.71. The molecule has 1 aromatic heterocycles. The summed E-state index contributed by atoms with van der Waals surface area (Å²) in [6, 6.07) is 11.1. The van der Waals surface area contributed by atoms with Gasteiger partial charge in [-0.1, -0.05) is 49.6 Å². The molecule has 1 aromatic carbocycles. The molecule has 0 saturated heterocycles. The lowest BCUT2D eigenvalue weighted by atomic mass is 10.1. The summed E-state index contributed by atoms with van der Waals surface area (Å²) in [4.78, 5) is 0. The Morgan fingerprint density at radius 3 is 2.75 bits per heavy atom. The molecule has 2 aromatic rings. The van der Waals surface area contributed by atoms with E-state index in [1.165, 1.54) is 47.9 Å². The summed E-state index contributed by atoms with van der Waals surface area (Å²) < 4.78 is 2.36. The third-order valence-electron chi connectivity index (χ3n) is 3.41. The molecule has 0 saturated carbocycles. The van der Waals surface area contributed by atoms with Crippen molar-refractivity contribution in [3.8, 4) is 0 Å². The van der Waals surface area contributed by atoms with Gasteiger partial charge in [0.15, 0.2) is 12.1 Å². The average Bonchev–Trinajstić information content (AvgIpc) is 2.42. The number of unbranched alkanes of at least 4 members (excludes halogenated alkanes) is 3. The number of hydrogen-bond acceptors (Lipinski definition) is 1. The first kappa shape index (κ1) is 17.3. The first-order valence-electron chi connectivity index (χ1n) is 7.28. The molecule has 0 spiro atoms. The Balaban J connectivity index is 0.00000200. The molecule has 0 N–H and O–H groups in total. The molecule has 0 aliphatic carbocycles. The molecule has 0 aliphatic heterocycles. The van der Waals surface area contributed by atoms with Crippen molar-refractivity contribution >= 4 is 22.7 Å². The molecule has 0 bridgehead atoms. The molecule has 2 rings (SSSR count). The minimum absolute atomic E-state index is 0. The summed E-state index contributed by atoms with van der Waals surface area (Å²) in [5, 5.41) is 1.34. The third-order valence-corrected chi connectivity index (χ3v) is 4.44. The molecule has 0 unspecified atom stereocenters. The normalized spacial score (nSPS) is 10.5. The maximum Gasteiger partial charge on any atom is 0.213 e. The Kier molecular flexibility index (Phi) is 8.01. The van der Waals surface area contributed by atoms with Crippen LogP contribution in [0.25, 0.3) is 10.9 Å². The quantitative estimate of drug-likeness (QED) is 0.556. The zero-order valence-corrected chi connectivity index (χ0v) is 14.0. The van der Waals surface area contributed by atoms with Crippen molar-refractivity contribution in [1.82, 2.24) is 0 Å². The maximum absolute atomic E-state index is 2.36. The number of pyridine rings is 1. The molecule has 3 heteroatoms. The van der Waals surface area contributed by atoms with E-state index in [-0.39, 0.29) is 12.4 Å². The molecule has 20 heavy (non-hydrogen) atoms. The van der Waals surface area contributed by atoms with Crippen molar-refractivity contribution in [1.29, 1.82) is 0 Å². The Labute approximate surface area is 133 Å². The van der Waals surface area contributed by atoms with Gasteiger partial charge in [-0.05, 0) is 31.2 Å². The van der Waals surface area contributed by atoms with Crippen LogP contribution in [0.5, 0.6) is 0 Å². The predicted molar refractivity (Wildman–Crippen MR) is 85.5 cm³/mol. The fourth-order valence-electron chi connectivity index (χ4n) is 2.31. The highest BCUT2D eigenvalue weighted by Crippen LogP contribution is 2.13. The minimum Gasteiger partial charge on any atom is -1.00 e. The van der Waals surface area contributed by atoms with Gasteiger partial charge >= 0.3 is 0 Å². The molecule has 0 amide bonds. The highest BCUT2D eigenvalue weighted by atomic mass is 35.5. The van der Waals surface area contributed by atoms with Gasteiger partial charge in [0.25, 0.3) is 0 Å². The number of thioether (sulfide) groups is 1. The molecular formula is C17H24ClNS. The van der Waals surface area contributed by atoms with Crippen LogP contribution in [0.15, 0.2) is 36.5 Å². The molecule has 0 aliphatic rings. The van der Waals surface area contributed by atoms with Crippen LogP contribution in [0, 0.1) is 6.92 Å². The number of aryl methyl sites for hydroxylation is 1. The van der Waals surface area contributed by atoms with Crippen LogP contribution in [0.2, 0.25) is 0 Å². The third kappa shape index (κ3) is 4.99. The van der Waals surface area contributed by atoms with Gasteiger partial charge in [0, 0.05) is 17.5 Å². The van der Waals surface area contributed by atoms with E-state index in [0.29, 0.717) is 0 Å². The zero-order valence-electron chi connectivity index (χ0n) is 12.4. The molecule has 1 heterocycles. The number of nitrogens with zero attached hydrogens (tertiary/aromatic N) is 1. The van der Waals surface area contributed by atoms with Gasteiger partial charge in [0.05, 0.1) is 0 Å². The van der Waals surface area contributed by atoms with Crippen LogP contribution in [-0.4, -0.2) is 5.75 Å². The standard InChI is InChI=1S/C17H24NS.ClH/c1-3-4-5-6-12-19-14-18-11-7-8-16-13-15(2)9-10-17(16)18;/h7-11,13H,3-6,12,14H2,1-2H3;1H/q+1;/p-1. The maximum atomic E-state index is 2.36. The van der Waals surface area contributed by atoms with Crippen LogP contribution in [0.1, 0.15) is 38.2 Å². The lowest BCUT2D eigenvalue weighted by molar-refractivity contribution is -0.649. The van der Waals surface area contributed by atoms with Gasteiger partial charge in [-0.15, -0.1) is 0 Å². The number of halogens is 1. The van der Waals surface area contributed by atoms with E-state index in [4.69, 9.17) is 0 Å². The van der Waals surface area contributed by atoms with Gasteiger partial charge in [-0.3, -0.25) is 0 Å². The van der Waals surface area contributed by atoms with E-state index in [1.807, 2.05) is 11.8 Å². The van der Waals surface area contributed by atoms with E-state index in [9.17, 15) is 0 Å². The summed E-state index contributed by atoms with van der Waals surface area (Å²) in [6.45, 7) is 4.42. The average molecular weight is 310 g/mol. The number of fused-ring (bicyclic) bond motifs is 1. The lowest BCUT2D eigenvalue weighted by Gasteiger charge is -2.02. The van der Waals surface area contributed by atoms with Crippen LogP contribution < -0.4 is 17.0 Å². The van der Waals surface area contributed by atoms with Gasteiger partial charge in [0.2, 0.25) is 5.52 Å². The Morgan fingerprint density at radius 1 is 1.10 bits per heavy atom. The van der Waals surface area contributed by atoms with Gasteiger partial charge in [0.1, 0.15) is 0 Å². The van der Waals surface area contributed by atoms with Crippen molar-refractivity contribution in [2.24, 2.45) is 0 Å². The Morgan fingerprint density at radius 2 is 1.95 bits per heavy atom. The summed E-state index contributed by atoms with van der Waals surface area (Å²) in [6.07, 6.45) is 7.62. The topological polar surface area (TPSA) is 3.88 Å². The van der Waals surface area contributed by atoms with E-state index < -0.39 is 0 Å². The summed E-state index contributed by atoms with van der Waals surface area (Å²) in [7, 11) is 0. The van der Waals surface area contributed by atoms with E-state index >= 15 is 0 Å². The second-order valence-corrected chi connectivity index (χ2v) is 6.21. The Hall–Kier alpha value is -0.730. The molecule has 1 nitrogen and oxygen atoms in total. The monoisotopic (exact) mass is 309 g/mol. The summed E-state index contributed by atoms with van der Waals surface area (Å²) >= 11 is 2.04. The second-order valence-electron chi connectivity index (χ2n) is 5.14. The van der Waals surface area contributed by atoms with Gasteiger partial charge < -0.3 is 12.4 Å². The minimum atomic E-state index is 0. The van der Waals surface area contributed by atoms with Crippen molar-refractivity contribution in [2.45, 2.75) is 45.4 Å². The second kappa shape index (κ2) is 9.25. The zero-order chi connectivity index (χ0) is 13.5. The van der Waals surface area contributed by atoms with Crippen LogP contribution in [0.3, 0.4) is 0 Å². The Bertz CT molecular complexity index is 527. The number of benzene rings is 1. The number of hydrogen-bond donors (Lipinski definition) is 0. The largest absolute Gasteiger partial charge is 1.00 e. The van der Waals surface area contributed by atoms with Gasteiger partial charge in [-0.25, -0.2) is 0 Å². The molecular weight excluding hydrogens is 286 g/mol. The lowest BCUT2D eigenvalue weighted by Crippen LogP contribution is -3.00. The molecule has 110 valence electrons. The first-order chi connectivity index (χ1) is 9.31. The summed E-state index contributed by atoms with van der Waals surface area (Å²) in [5.41, 5.74) is 2.67.